The fourth-order valence-electron chi connectivity index (χ4n) is 3.82. The van der Waals surface area contributed by atoms with Crippen molar-refractivity contribution in [3.63, 3.8) is 0 Å². The number of hydrogen-bond donors (Lipinski definition) is 2. The third kappa shape index (κ3) is 4.16. The van der Waals surface area contributed by atoms with Crippen LogP contribution in [0.3, 0.4) is 0 Å². The van der Waals surface area contributed by atoms with Gasteiger partial charge in [0.1, 0.15) is 5.82 Å². The predicted molar refractivity (Wildman–Crippen MR) is 84.2 cm³/mol. The number of anilines is 1. The van der Waals surface area contributed by atoms with Crippen LogP contribution in [0.4, 0.5) is 5.82 Å². The normalized spacial score (nSPS) is 20.8. The summed E-state index contributed by atoms with van der Waals surface area (Å²) in [5, 5.41) is 14.1. The van der Waals surface area contributed by atoms with E-state index < -0.39 is 0 Å². The van der Waals surface area contributed by atoms with Gasteiger partial charge in [-0.2, -0.15) is 0 Å². The van der Waals surface area contributed by atoms with Crippen LogP contribution in [-0.2, 0) is 0 Å². The zero-order valence-electron chi connectivity index (χ0n) is 13.7. The molecule has 1 fully saturated rings. The number of hydrogen-bond acceptors (Lipinski definition) is 4. The van der Waals surface area contributed by atoms with Crippen molar-refractivity contribution < 1.29 is 4.79 Å². The van der Waals surface area contributed by atoms with E-state index in [1.165, 1.54) is 6.42 Å². The van der Waals surface area contributed by atoms with Crippen LogP contribution < -0.4 is 10.6 Å². The maximum absolute atomic E-state index is 11.5. The van der Waals surface area contributed by atoms with Gasteiger partial charge >= 0.3 is 0 Å². The summed E-state index contributed by atoms with van der Waals surface area (Å²) in [6.07, 6.45) is 3.48. The molecule has 1 heterocycles. The van der Waals surface area contributed by atoms with Crippen LogP contribution in [0.15, 0.2) is 12.1 Å². The molecule has 1 aromatic heterocycles. The molecule has 0 spiro atoms. The molecule has 0 unspecified atom stereocenters. The lowest BCUT2D eigenvalue weighted by molar-refractivity contribution is 0.0957. The average Bonchev–Trinajstić information content (AvgIpc) is 2.35. The molecule has 0 atom stereocenters. The molecule has 1 aliphatic carbocycles. The monoisotopic (exact) mass is 290 g/mol. The fourth-order valence-corrected chi connectivity index (χ4v) is 3.82. The fraction of sp³-hybridized carbons (Fsp3) is 0.688. The van der Waals surface area contributed by atoms with Gasteiger partial charge in [-0.25, -0.2) is 0 Å². The lowest BCUT2D eigenvalue weighted by Gasteiger charge is -2.45. The van der Waals surface area contributed by atoms with Gasteiger partial charge in [-0.3, -0.25) is 4.79 Å². The molecule has 2 N–H and O–H groups in total. The molecular weight excluding hydrogens is 264 g/mol. The van der Waals surface area contributed by atoms with Crippen molar-refractivity contribution in [1.82, 2.24) is 15.5 Å². The van der Waals surface area contributed by atoms with Crippen LogP contribution in [0.5, 0.6) is 0 Å². The highest BCUT2D eigenvalue weighted by Gasteiger charge is 2.38. The number of carbonyl (C=O) groups excluding carboxylic acids is 1. The molecule has 5 nitrogen and oxygen atoms in total. The van der Waals surface area contributed by atoms with E-state index in [2.05, 4.69) is 48.5 Å². The second-order valence-corrected chi connectivity index (χ2v) is 7.64. The predicted octanol–water partition coefficient (Wildman–Crippen LogP) is 2.85. The number of rotatable bonds is 3. The average molecular weight is 290 g/mol. The molecule has 1 saturated carbocycles. The summed E-state index contributed by atoms with van der Waals surface area (Å²) in [5.41, 5.74) is 0.997. The minimum Gasteiger partial charge on any atom is -0.366 e. The highest BCUT2D eigenvalue weighted by Crippen LogP contribution is 2.46. The van der Waals surface area contributed by atoms with Gasteiger partial charge in [-0.05, 0) is 42.2 Å². The Balaban J connectivity index is 2.06. The number of amides is 1. The van der Waals surface area contributed by atoms with Crippen molar-refractivity contribution in [3.8, 4) is 0 Å². The van der Waals surface area contributed by atoms with E-state index in [0.29, 0.717) is 22.6 Å². The Kier molecular flexibility index (Phi) is 4.21. The van der Waals surface area contributed by atoms with Crippen molar-refractivity contribution in [2.45, 2.75) is 53.0 Å². The van der Waals surface area contributed by atoms with Crippen LogP contribution >= 0.6 is 0 Å². The lowest BCUT2D eigenvalue weighted by atomic mass is 9.63. The zero-order chi connectivity index (χ0) is 15.7. The van der Waals surface area contributed by atoms with Gasteiger partial charge < -0.3 is 10.6 Å². The molecule has 1 aromatic rings. The van der Waals surface area contributed by atoms with E-state index in [9.17, 15) is 4.79 Å². The van der Waals surface area contributed by atoms with E-state index >= 15 is 0 Å². The van der Waals surface area contributed by atoms with Crippen LogP contribution in [-0.4, -0.2) is 29.2 Å². The Morgan fingerprint density at radius 3 is 2.24 bits per heavy atom. The Hall–Kier alpha value is -1.65. The molecular formula is C16H26N4O. The molecule has 0 bridgehead atoms. The van der Waals surface area contributed by atoms with E-state index in [-0.39, 0.29) is 5.91 Å². The van der Waals surface area contributed by atoms with Gasteiger partial charge in [0.05, 0.1) is 0 Å². The SMILES string of the molecule is CNC(=O)c1ccc(NC2CC(C)(C)CC(C)(C)C2)nn1. The van der Waals surface area contributed by atoms with E-state index in [1.54, 1.807) is 13.1 Å². The Labute approximate surface area is 126 Å². The Morgan fingerprint density at radius 2 is 1.76 bits per heavy atom. The minimum absolute atomic E-state index is 0.214. The number of nitrogens with zero attached hydrogens (tertiary/aromatic N) is 2. The maximum atomic E-state index is 11.5. The molecule has 0 aromatic carbocycles. The van der Waals surface area contributed by atoms with Gasteiger partial charge in [-0.15, -0.1) is 10.2 Å². The molecule has 116 valence electrons. The molecule has 1 amide bonds. The third-order valence-electron chi connectivity index (χ3n) is 4.03. The first-order chi connectivity index (χ1) is 9.71. The van der Waals surface area contributed by atoms with E-state index in [1.807, 2.05) is 6.07 Å². The summed E-state index contributed by atoms with van der Waals surface area (Å²) >= 11 is 0. The summed E-state index contributed by atoms with van der Waals surface area (Å²) in [5.74, 6) is 0.523. The first-order valence-electron chi connectivity index (χ1n) is 7.53. The summed E-state index contributed by atoms with van der Waals surface area (Å²) in [6.45, 7) is 9.29. The molecule has 1 aliphatic rings. The lowest BCUT2D eigenvalue weighted by Crippen LogP contribution is -2.40. The van der Waals surface area contributed by atoms with Gasteiger partial charge in [-0.1, -0.05) is 27.7 Å². The Bertz CT molecular complexity index is 492. The second-order valence-electron chi connectivity index (χ2n) is 7.64. The number of nitrogens with one attached hydrogen (secondary N) is 2. The van der Waals surface area contributed by atoms with E-state index in [4.69, 9.17) is 0 Å². The maximum Gasteiger partial charge on any atom is 0.271 e. The first kappa shape index (κ1) is 15.7. The summed E-state index contributed by atoms with van der Waals surface area (Å²) < 4.78 is 0. The van der Waals surface area contributed by atoms with Gasteiger partial charge in [0.15, 0.2) is 5.69 Å². The molecule has 21 heavy (non-hydrogen) atoms. The Morgan fingerprint density at radius 1 is 1.14 bits per heavy atom. The molecule has 5 heteroatoms. The minimum atomic E-state index is -0.214. The largest absolute Gasteiger partial charge is 0.366 e. The van der Waals surface area contributed by atoms with Crippen molar-refractivity contribution in [3.05, 3.63) is 17.8 Å². The molecule has 0 aliphatic heterocycles. The second kappa shape index (κ2) is 5.62. The standard InChI is InChI=1S/C16H26N4O/c1-15(2)8-11(9-16(3,4)10-15)18-13-7-6-12(19-20-13)14(21)17-5/h6-7,11H,8-10H2,1-5H3,(H,17,21)(H,18,20). The van der Waals surface area contributed by atoms with E-state index in [0.717, 1.165) is 18.7 Å². The number of carbonyl (C=O) groups is 1. The zero-order valence-corrected chi connectivity index (χ0v) is 13.7. The molecule has 0 radical (unpaired) electrons. The third-order valence-corrected chi connectivity index (χ3v) is 4.03. The van der Waals surface area contributed by atoms with Crippen molar-refractivity contribution >= 4 is 11.7 Å². The summed E-state index contributed by atoms with van der Waals surface area (Å²) in [7, 11) is 1.59. The van der Waals surface area contributed by atoms with Crippen molar-refractivity contribution in [2.24, 2.45) is 10.8 Å². The number of aromatic nitrogens is 2. The molecule has 0 saturated heterocycles. The topological polar surface area (TPSA) is 66.9 Å². The molecule has 2 rings (SSSR count). The van der Waals surface area contributed by atoms with Crippen molar-refractivity contribution in [2.75, 3.05) is 12.4 Å². The smallest absolute Gasteiger partial charge is 0.271 e. The quantitative estimate of drug-likeness (QED) is 0.898. The van der Waals surface area contributed by atoms with Gasteiger partial charge in [0, 0.05) is 13.1 Å². The van der Waals surface area contributed by atoms with Crippen molar-refractivity contribution in [1.29, 1.82) is 0 Å². The summed E-state index contributed by atoms with van der Waals surface area (Å²) in [6, 6.07) is 3.92. The first-order valence-corrected chi connectivity index (χ1v) is 7.53. The highest BCUT2D eigenvalue weighted by molar-refractivity contribution is 5.91. The van der Waals surface area contributed by atoms with Crippen LogP contribution in [0.1, 0.15) is 57.4 Å². The van der Waals surface area contributed by atoms with Gasteiger partial charge in [0.25, 0.3) is 5.91 Å². The van der Waals surface area contributed by atoms with Crippen LogP contribution in [0, 0.1) is 10.8 Å². The van der Waals surface area contributed by atoms with Crippen LogP contribution in [0.25, 0.3) is 0 Å². The van der Waals surface area contributed by atoms with Gasteiger partial charge in [0.2, 0.25) is 0 Å². The summed E-state index contributed by atoms with van der Waals surface area (Å²) in [4.78, 5) is 11.5. The van der Waals surface area contributed by atoms with Crippen LogP contribution in [0.2, 0.25) is 0 Å². The highest BCUT2D eigenvalue weighted by atomic mass is 16.1.